The third-order valence-electron chi connectivity index (χ3n) is 5.42. The number of benzene rings is 3. The maximum absolute atomic E-state index is 6.39. The molecule has 0 spiro atoms. The van der Waals surface area contributed by atoms with Crippen molar-refractivity contribution in [3.63, 3.8) is 0 Å². The second kappa shape index (κ2) is 9.82. The predicted molar refractivity (Wildman–Crippen MR) is 125 cm³/mol. The zero-order valence-electron chi connectivity index (χ0n) is 17.4. The molecular weight excluding hydrogens is 392 g/mol. The molecule has 3 aromatic carbocycles. The fourth-order valence-corrected chi connectivity index (χ4v) is 3.91. The Bertz CT molecular complexity index is 1100. The monoisotopic (exact) mass is 418 g/mol. The van der Waals surface area contributed by atoms with Crippen molar-refractivity contribution in [2.45, 2.75) is 39.2 Å². The summed E-state index contributed by atoms with van der Waals surface area (Å²) in [5.41, 5.74) is 4.65. The molecule has 0 fully saturated rings. The van der Waals surface area contributed by atoms with Gasteiger partial charge in [0.2, 0.25) is 0 Å². The first-order valence-corrected chi connectivity index (χ1v) is 11.0. The minimum absolute atomic E-state index is 0.720. The SMILES string of the molecule is CCc1ccc(OCCCCn2c(Cc3ccccc3Cl)nc3ccccc32)cc1. The van der Waals surface area contributed by atoms with Gasteiger partial charge in [0, 0.05) is 18.0 Å². The summed E-state index contributed by atoms with van der Waals surface area (Å²) < 4.78 is 8.24. The Morgan fingerprint density at radius 1 is 0.900 bits per heavy atom. The quantitative estimate of drug-likeness (QED) is 0.283. The summed E-state index contributed by atoms with van der Waals surface area (Å²) in [4.78, 5) is 4.88. The summed E-state index contributed by atoms with van der Waals surface area (Å²) in [6.07, 6.45) is 3.81. The van der Waals surface area contributed by atoms with Crippen LogP contribution >= 0.6 is 11.6 Å². The Hall–Kier alpha value is -2.78. The van der Waals surface area contributed by atoms with Crippen LogP contribution in [0.4, 0.5) is 0 Å². The van der Waals surface area contributed by atoms with Gasteiger partial charge in [-0.15, -0.1) is 0 Å². The van der Waals surface area contributed by atoms with E-state index in [-0.39, 0.29) is 0 Å². The number of nitrogens with zero attached hydrogens (tertiary/aromatic N) is 2. The van der Waals surface area contributed by atoms with Crippen LogP contribution in [0.3, 0.4) is 0 Å². The molecule has 0 saturated heterocycles. The van der Waals surface area contributed by atoms with Crippen molar-refractivity contribution in [3.05, 3.63) is 94.8 Å². The summed E-state index contributed by atoms with van der Waals surface area (Å²) in [6, 6.07) is 24.7. The first-order chi connectivity index (χ1) is 14.7. The van der Waals surface area contributed by atoms with Crippen LogP contribution in [0.15, 0.2) is 72.8 Å². The summed E-state index contributed by atoms with van der Waals surface area (Å²) in [7, 11) is 0. The van der Waals surface area contributed by atoms with E-state index in [2.05, 4.69) is 60.0 Å². The number of hydrogen-bond donors (Lipinski definition) is 0. The van der Waals surface area contributed by atoms with E-state index in [9.17, 15) is 0 Å². The Morgan fingerprint density at radius 3 is 2.47 bits per heavy atom. The lowest BCUT2D eigenvalue weighted by Gasteiger charge is -2.11. The molecule has 0 aliphatic rings. The van der Waals surface area contributed by atoms with Crippen molar-refractivity contribution < 1.29 is 4.74 Å². The number of para-hydroxylation sites is 2. The second-order valence-electron chi connectivity index (χ2n) is 7.49. The van der Waals surface area contributed by atoms with Crippen molar-refractivity contribution in [3.8, 4) is 5.75 Å². The number of unbranched alkanes of at least 4 members (excludes halogenated alkanes) is 1. The molecule has 154 valence electrons. The molecular formula is C26H27ClN2O. The molecule has 0 radical (unpaired) electrons. The molecule has 0 amide bonds. The molecule has 0 unspecified atom stereocenters. The molecule has 0 N–H and O–H groups in total. The maximum Gasteiger partial charge on any atom is 0.119 e. The number of hydrogen-bond acceptors (Lipinski definition) is 2. The number of ether oxygens (including phenoxy) is 1. The molecule has 0 aliphatic carbocycles. The average molecular weight is 419 g/mol. The van der Waals surface area contributed by atoms with Crippen LogP contribution in [0.25, 0.3) is 11.0 Å². The van der Waals surface area contributed by atoms with Crippen LogP contribution in [0.2, 0.25) is 5.02 Å². The van der Waals surface area contributed by atoms with Crippen molar-refractivity contribution in [2.24, 2.45) is 0 Å². The van der Waals surface area contributed by atoms with Gasteiger partial charge in [-0.3, -0.25) is 0 Å². The smallest absolute Gasteiger partial charge is 0.119 e. The molecule has 1 heterocycles. The normalized spacial score (nSPS) is 11.1. The summed E-state index contributed by atoms with van der Waals surface area (Å²) >= 11 is 6.39. The number of aromatic nitrogens is 2. The van der Waals surface area contributed by atoms with E-state index in [1.54, 1.807) is 0 Å². The molecule has 1 aromatic heterocycles. The van der Waals surface area contributed by atoms with Crippen LogP contribution in [0.5, 0.6) is 5.75 Å². The standard InChI is InChI=1S/C26H27ClN2O/c1-2-20-13-15-22(16-14-20)30-18-8-7-17-29-25-12-6-5-11-24(25)28-26(29)19-21-9-3-4-10-23(21)27/h3-6,9-16H,2,7-8,17-19H2,1H3. The molecule has 30 heavy (non-hydrogen) atoms. The van der Waals surface area contributed by atoms with Crippen molar-refractivity contribution >= 4 is 22.6 Å². The van der Waals surface area contributed by atoms with Gasteiger partial charge < -0.3 is 9.30 Å². The van der Waals surface area contributed by atoms with Crippen LogP contribution < -0.4 is 4.74 Å². The molecule has 0 aliphatic heterocycles. The molecule has 0 saturated carbocycles. The van der Waals surface area contributed by atoms with Crippen LogP contribution in [0.1, 0.15) is 36.7 Å². The molecule has 3 nitrogen and oxygen atoms in total. The molecule has 0 atom stereocenters. The van der Waals surface area contributed by atoms with Gasteiger partial charge in [-0.25, -0.2) is 4.98 Å². The predicted octanol–water partition coefficient (Wildman–Crippen LogP) is 6.70. The van der Waals surface area contributed by atoms with Gasteiger partial charge in [0.1, 0.15) is 11.6 Å². The second-order valence-corrected chi connectivity index (χ2v) is 7.90. The largest absolute Gasteiger partial charge is 0.494 e. The van der Waals surface area contributed by atoms with Gasteiger partial charge >= 0.3 is 0 Å². The highest BCUT2D eigenvalue weighted by Crippen LogP contribution is 2.23. The zero-order valence-corrected chi connectivity index (χ0v) is 18.1. The van der Waals surface area contributed by atoms with Crippen molar-refractivity contribution in [2.75, 3.05) is 6.61 Å². The number of imidazole rings is 1. The van der Waals surface area contributed by atoms with Gasteiger partial charge in [0.05, 0.1) is 17.6 Å². The van der Waals surface area contributed by atoms with E-state index in [0.717, 1.165) is 66.5 Å². The molecule has 4 rings (SSSR count). The van der Waals surface area contributed by atoms with Gasteiger partial charge in [0.15, 0.2) is 0 Å². The first-order valence-electron chi connectivity index (χ1n) is 10.6. The number of rotatable bonds is 9. The zero-order chi connectivity index (χ0) is 20.8. The Balaban J connectivity index is 1.40. The lowest BCUT2D eigenvalue weighted by atomic mass is 10.1. The van der Waals surface area contributed by atoms with E-state index >= 15 is 0 Å². The minimum atomic E-state index is 0.720. The fourth-order valence-electron chi connectivity index (χ4n) is 3.71. The fraction of sp³-hybridized carbons (Fsp3) is 0.269. The van der Waals surface area contributed by atoms with Gasteiger partial charge in [-0.2, -0.15) is 0 Å². The third kappa shape index (κ3) is 4.85. The van der Waals surface area contributed by atoms with Crippen LogP contribution in [-0.4, -0.2) is 16.2 Å². The third-order valence-corrected chi connectivity index (χ3v) is 5.79. The average Bonchev–Trinajstić information content (AvgIpc) is 3.12. The molecule has 0 bridgehead atoms. The summed E-state index contributed by atoms with van der Waals surface area (Å²) in [6.45, 7) is 3.80. The minimum Gasteiger partial charge on any atom is -0.494 e. The number of aryl methyl sites for hydroxylation is 2. The van der Waals surface area contributed by atoms with E-state index in [4.69, 9.17) is 21.3 Å². The summed E-state index contributed by atoms with van der Waals surface area (Å²) in [5, 5.41) is 0.790. The highest BCUT2D eigenvalue weighted by Gasteiger charge is 2.12. The Morgan fingerprint density at radius 2 is 1.67 bits per heavy atom. The van der Waals surface area contributed by atoms with Gasteiger partial charge in [-0.1, -0.05) is 61.0 Å². The lowest BCUT2D eigenvalue weighted by molar-refractivity contribution is 0.303. The van der Waals surface area contributed by atoms with E-state index in [0.29, 0.717) is 0 Å². The molecule has 4 heteroatoms. The Labute approximate surface area is 183 Å². The Kier molecular flexibility index (Phi) is 6.70. The number of fused-ring (bicyclic) bond motifs is 1. The first kappa shape index (κ1) is 20.5. The maximum atomic E-state index is 6.39. The van der Waals surface area contributed by atoms with E-state index in [1.807, 2.05) is 24.3 Å². The van der Waals surface area contributed by atoms with E-state index < -0.39 is 0 Å². The van der Waals surface area contributed by atoms with E-state index in [1.165, 1.54) is 11.1 Å². The summed E-state index contributed by atoms with van der Waals surface area (Å²) in [5.74, 6) is 2.00. The highest BCUT2D eigenvalue weighted by atomic mass is 35.5. The van der Waals surface area contributed by atoms with Gasteiger partial charge in [0.25, 0.3) is 0 Å². The molecule has 4 aromatic rings. The van der Waals surface area contributed by atoms with Crippen LogP contribution in [-0.2, 0) is 19.4 Å². The number of halogens is 1. The lowest BCUT2D eigenvalue weighted by Crippen LogP contribution is -2.07. The van der Waals surface area contributed by atoms with Crippen LogP contribution in [0, 0.1) is 0 Å². The van der Waals surface area contributed by atoms with Crippen molar-refractivity contribution in [1.82, 2.24) is 9.55 Å². The van der Waals surface area contributed by atoms with Crippen molar-refractivity contribution in [1.29, 1.82) is 0 Å². The topological polar surface area (TPSA) is 27.1 Å². The highest BCUT2D eigenvalue weighted by molar-refractivity contribution is 6.31. The van der Waals surface area contributed by atoms with Gasteiger partial charge in [-0.05, 0) is 60.7 Å².